The van der Waals surface area contributed by atoms with Crippen molar-refractivity contribution in [3.63, 3.8) is 0 Å². The molecule has 1 heterocycles. The minimum atomic E-state index is -1.14. The zero-order valence-electron chi connectivity index (χ0n) is 17.9. The smallest absolute Gasteiger partial charge is 0.338 e. The molecular formula is C22H27N3O5. The Morgan fingerprint density at radius 3 is 2.40 bits per heavy atom. The molecule has 0 aliphatic carbocycles. The van der Waals surface area contributed by atoms with Gasteiger partial charge in [-0.05, 0) is 44.4 Å². The summed E-state index contributed by atoms with van der Waals surface area (Å²) < 4.78 is 5.21. The number of rotatable bonds is 8. The van der Waals surface area contributed by atoms with E-state index in [0.29, 0.717) is 13.0 Å². The molecular weight excluding hydrogens is 386 g/mol. The Kier molecular flexibility index (Phi) is 6.98. The number of hydrogen-bond donors (Lipinski definition) is 1. The molecule has 1 aromatic rings. The van der Waals surface area contributed by atoms with Crippen LogP contribution in [0.15, 0.2) is 18.2 Å². The van der Waals surface area contributed by atoms with E-state index < -0.39 is 29.4 Å². The van der Waals surface area contributed by atoms with Crippen LogP contribution in [0.3, 0.4) is 0 Å². The van der Waals surface area contributed by atoms with Crippen LogP contribution in [0.1, 0.15) is 78.5 Å². The lowest BCUT2D eigenvalue weighted by atomic mass is 9.90. The molecule has 1 N–H and O–H groups in total. The van der Waals surface area contributed by atoms with E-state index in [2.05, 4.69) is 11.4 Å². The molecule has 8 nitrogen and oxygen atoms in total. The van der Waals surface area contributed by atoms with Gasteiger partial charge in [-0.25, -0.2) is 4.79 Å². The number of nitrogens with zero attached hydrogens (tertiary/aromatic N) is 2. The Balaban J connectivity index is 2.12. The molecule has 2 rings (SSSR count). The lowest BCUT2D eigenvalue weighted by Crippen LogP contribution is -2.52. The highest BCUT2D eigenvalue weighted by Crippen LogP contribution is 2.25. The number of fused-ring (bicyclic) bond motifs is 1. The van der Waals surface area contributed by atoms with Gasteiger partial charge in [0.15, 0.2) is 6.10 Å². The van der Waals surface area contributed by atoms with Crippen LogP contribution in [0.4, 0.5) is 0 Å². The SMILES string of the molecule is CCCCN1C(=O)c2ccc(C(=O)O[C@H](C)C(=O)N[C@](C)(C#N)C(C)C)cc2C1=O. The minimum absolute atomic E-state index is 0.0683. The molecule has 0 radical (unpaired) electrons. The predicted octanol–water partition coefficient (Wildman–Crippen LogP) is 2.68. The summed E-state index contributed by atoms with van der Waals surface area (Å²) in [5.41, 5.74) is -0.626. The Labute approximate surface area is 176 Å². The largest absolute Gasteiger partial charge is 0.449 e. The third-order valence-corrected chi connectivity index (χ3v) is 5.36. The second kappa shape index (κ2) is 9.08. The number of imide groups is 1. The molecule has 0 spiro atoms. The van der Waals surface area contributed by atoms with Gasteiger partial charge in [-0.15, -0.1) is 0 Å². The fourth-order valence-corrected chi connectivity index (χ4v) is 2.88. The van der Waals surface area contributed by atoms with Gasteiger partial charge in [0.05, 0.1) is 22.8 Å². The highest BCUT2D eigenvalue weighted by Gasteiger charge is 2.36. The van der Waals surface area contributed by atoms with Gasteiger partial charge in [0.25, 0.3) is 17.7 Å². The third kappa shape index (κ3) is 4.51. The van der Waals surface area contributed by atoms with Crippen molar-refractivity contribution < 1.29 is 23.9 Å². The van der Waals surface area contributed by atoms with Crippen molar-refractivity contribution in [2.45, 2.75) is 59.1 Å². The van der Waals surface area contributed by atoms with Crippen LogP contribution in [-0.4, -0.2) is 46.8 Å². The van der Waals surface area contributed by atoms with Crippen LogP contribution in [0.5, 0.6) is 0 Å². The van der Waals surface area contributed by atoms with Gasteiger partial charge < -0.3 is 10.1 Å². The zero-order chi connectivity index (χ0) is 22.6. The average molecular weight is 413 g/mol. The number of amides is 3. The Bertz CT molecular complexity index is 918. The van der Waals surface area contributed by atoms with E-state index in [0.717, 1.165) is 6.42 Å². The summed E-state index contributed by atoms with van der Waals surface area (Å²) >= 11 is 0. The molecule has 0 saturated heterocycles. The van der Waals surface area contributed by atoms with E-state index in [-0.39, 0.29) is 28.5 Å². The molecule has 0 saturated carbocycles. The van der Waals surface area contributed by atoms with Crippen LogP contribution in [-0.2, 0) is 9.53 Å². The van der Waals surface area contributed by atoms with Crippen molar-refractivity contribution in [1.82, 2.24) is 10.2 Å². The lowest BCUT2D eigenvalue weighted by molar-refractivity contribution is -0.130. The monoisotopic (exact) mass is 413 g/mol. The van der Waals surface area contributed by atoms with Gasteiger partial charge in [0, 0.05) is 6.54 Å². The van der Waals surface area contributed by atoms with Crippen molar-refractivity contribution >= 4 is 23.7 Å². The molecule has 3 amide bonds. The van der Waals surface area contributed by atoms with Gasteiger partial charge in [-0.1, -0.05) is 27.2 Å². The molecule has 0 fully saturated rings. The average Bonchev–Trinajstić information content (AvgIpc) is 2.95. The lowest BCUT2D eigenvalue weighted by Gasteiger charge is -2.28. The molecule has 2 atom stereocenters. The topological polar surface area (TPSA) is 117 Å². The van der Waals surface area contributed by atoms with E-state index in [9.17, 15) is 24.4 Å². The number of nitrogens with one attached hydrogen (secondary N) is 1. The molecule has 1 aliphatic heterocycles. The quantitative estimate of drug-likeness (QED) is 0.517. The molecule has 0 unspecified atom stereocenters. The summed E-state index contributed by atoms with van der Waals surface area (Å²) in [4.78, 5) is 51.0. The first-order valence-corrected chi connectivity index (χ1v) is 10.00. The first kappa shape index (κ1) is 23.1. The predicted molar refractivity (Wildman–Crippen MR) is 109 cm³/mol. The third-order valence-electron chi connectivity index (χ3n) is 5.36. The van der Waals surface area contributed by atoms with Crippen molar-refractivity contribution in [2.75, 3.05) is 6.54 Å². The van der Waals surface area contributed by atoms with Crippen LogP contribution >= 0.6 is 0 Å². The normalized spacial score (nSPS) is 16.0. The van der Waals surface area contributed by atoms with Gasteiger partial charge in [-0.3, -0.25) is 19.3 Å². The highest BCUT2D eigenvalue weighted by atomic mass is 16.5. The zero-order valence-corrected chi connectivity index (χ0v) is 17.9. The second-order valence-corrected chi connectivity index (χ2v) is 7.88. The Morgan fingerprint density at radius 1 is 1.20 bits per heavy atom. The van der Waals surface area contributed by atoms with Crippen molar-refractivity contribution in [1.29, 1.82) is 5.26 Å². The van der Waals surface area contributed by atoms with E-state index in [1.165, 1.54) is 30.0 Å². The molecule has 1 aromatic carbocycles. The van der Waals surface area contributed by atoms with E-state index in [1.807, 2.05) is 6.92 Å². The number of carbonyl (C=O) groups excluding carboxylic acids is 4. The summed E-state index contributed by atoms with van der Waals surface area (Å²) in [6, 6.07) is 6.20. The number of hydrogen-bond acceptors (Lipinski definition) is 6. The Morgan fingerprint density at radius 2 is 1.83 bits per heavy atom. The fraction of sp³-hybridized carbons (Fsp3) is 0.500. The molecule has 1 aliphatic rings. The molecule has 160 valence electrons. The summed E-state index contributed by atoms with van der Waals surface area (Å²) in [7, 11) is 0. The first-order chi connectivity index (χ1) is 14.1. The number of nitriles is 1. The molecule has 8 heteroatoms. The fourth-order valence-electron chi connectivity index (χ4n) is 2.88. The molecule has 0 aromatic heterocycles. The van der Waals surface area contributed by atoms with Gasteiger partial charge in [0.1, 0.15) is 5.54 Å². The minimum Gasteiger partial charge on any atom is -0.449 e. The maximum Gasteiger partial charge on any atom is 0.338 e. The number of benzene rings is 1. The van der Waals surface area contributed by atoms with E-state index in [1.54, 1.807) is 20.8 Å². The molecule has 30 heavy (non-hydrogen) atoms. The second-order valence-electron chi connectivity index (χ2n) is 7.88. The van der Waals surface area contributed by atoms with Gasteiger partial charge in [-0.2, -0.15) is 5.26 Å². The maximum absolute atomic E-state index is 12.5. The number of carbonyl (C=O) groups is 4. The van der Waals surface area contributed by atoms with Gasteiger partial charge in [0.2, 0.25) is 0 Å². The number of unbranched alkanes of at least 4 members (excludes halogenated alkanes) is 1. The summed E-state index contributed by atoms with van der Waals surface area (Å²) in [6.45, 7) is 8.88. The van der Waals surface area contributed by atoms with Crippen molar-refractivity contribution in [3.05, 3.63) is 34.9 Å². The maximum atomic E-state index is 12.5. The van der Waals surface area contributed by atoms with Crippen LogP contribution < -0.4 is 5.32 Å². The van der Waals surface area contributed by atoms with Crippen molar-refractivity contribution in [2.24, 2.45) is 5.92 Å². The first-order valence-electron chi connectivity index (χ1n) is 10.00. The Hall–Kier alpha value is -3.21. The summed E-state index contributed by atoms with van der Waals surface area (Å²) in [6.07, 6.45) is 0.396. The highest BCUT2D eigenvalue weighted by molar-refractivity contribution is 6.22. The van der Waals surface area contributed by atoms with Crippen LogP contribution in [0, 0.1) is 17.2 Å². The van der Waals surface area contributed by atoms with Gasteiger partial charge >= 0.3 is 5.97 Å². The molecule has 0 bridgehead atoms. The summed E-state index contributed by atoms with van der Waals surface area (Å²) in [5.74, 6) is -2.35. The van der Waals surface area contributed by atoms with Crippen LogP contribution in [0.25, 0.3) is 0 Å². The number of ether oxygens (including phenoxy) is 1. The summed E-state index contributed by atoms with van der Waals surface area (Å²) in [5, 5.41) is 11.9. The van der Waals surface area contributed by atoms with Crippen molar-refractivity contribution in [3.8, 4) is 6.07 Å². The number of esters is 1. The van der Waals surface area contributed by atoms with Crippen LogP contribution in [0.2, 0.25) is 0 Å². The van der Waals surface area contributed by atoms with E-state index >= 15 is 0 Å². The van der Waals surface area contributed by atoms with E-state index in [4.69, 9.17) is 4.74 Å². The standard InChI is InChI=1S/C22H27N3O5/c1-6-7-10-25-19(27)16-9-8-15(11-17(16)20(25)28)21(29)30-14(4)18(26)24-22(5,12-23)13(2)3/h8-9,11,13-14H,6-7,10H2,1-5H3,(H,24,26)/t14-,22-/m1/s1.